The second kappa shape index (κ2) is 14.1. The third-order valence-corrected chi connectivity index (χ3v) is 5.38. The molecule has 0 amide bonds. The first kappa shape index (κ1) is 27.8. The Balaban J connectivity index is 0.000000269. The second-order valence-corrected chi connectivity index (χ2v) is 7.99. The zero-order valence-corrected chi connectivity index (χ0v) is 21.5. The molecule has 0 unspecified atom stereocenters. The SMILES string of the molecule is CCCOCCNc1ccc(F)cc1.CN=Cc1c(C(C)=O)c(C)n(-c2cccc(OC)c2)c1C. The molecule has 35 heavy (non-hydrogen) atoms. The van der Waals surface area contributed by atoms with Gasteiger partial charge in [0.1, 0.15) is 11.6 Å². The zero-order chi connectivity index (χ0) is 25.8. The molecule has 188 valence electrons. The Kier molecular flexibility index (Phi) is 11.2. The van der Waals surface area contributed by atoms with Crippen molar-refractivity contribution >= 4 is 17.7 Å². The van der Waals surface area contributed by atoms with Crippen LogP contribution in [-0.4, -0.2) is 50.5 Å². The molecule has 2 aromatic carbocycles. The molecule has 3 aromatic rings. The lowest BCUT2D eigenvalue weighted by Crippen LogP contribution is -2.09. The number of hydrogen-bond acceptors (Lipinski definition) is 5. The molecule has 0 radical (unpaired) electrons. The van der Waals surface area contributed by atoms with E-state index in [-0.39, 0.29) is 11.6 Å². The summed E-state index contributed by atoms with van der Waals surface area (Å²) in [6.07, 6.45) is 2.78. The van der Waals surface area contributed by atoms with Crippen molar-refractivity contribution in [1.29, 1.82) is 0 Å². The summed E-state index contributed by atoms with van der Waals surface area (Å²) in [6, 6.07) is 14.1. The van der Waals surface area contributed by atoms with Gasteiger partial charge in [0, 0.05) is 66.4 Å². The van der Waals surface area contributed by atoms with Crippen molar-refractivity contribution in [3.8, 4) is 11.4 Å². The number of ether oxygens (including phenoxy) is 2. The smallest absolute Gasteiger partial charge is 0.162 e. The number of carbonyl (C=O) groups excluding carboxylic acids is 1. The molecule has 0 fully saturated rings. The highest BCUT2D eigenvalue weighted by atomic mass is 19.1. The Morgan fingerprint density at radius 1 is 1.11 bits per heavy atom. The van der Waals surface area contributed by atoms with Crippen molar-refractivity contribution < 1.29 is 18.7 Å². The third kappa shape index (κ3) is 7.79. The van der Waals surface area contributed by atoms with E-state index in [1.54, 1.807) is 39.4 Å². The molecule has 0 aliphatic rings. The number of ketones is 1. The molecule has 1 heterocycles. The standard InChI is InChI=1S/C17H20N2O2.C11H16FNO/c1-11-16(10-18-4)17(13(3)20)12(2)19(11)14-7-6-8-15(9-14)21-5;1-2-8-14-9-7-13-11-5-3-10(12)4-6-11/h6-10H,1-5H3;3-6,13H,2,7-9H2,1H3. The van der Waals surface area contributed by atoms with Crippen LogP contribution in [0.15, 0.2) is 53.5 Å². The highest BCUT2D eigenvalue weighted by molar-refractivity contribution is 6.04. The normalized spacial score (nSPS) is 10.7. The molecule has 0 spiro atoms. The summed E-state index contributed by atoms with van der Waals surface area (Å²) in [4.78, 5) is 16.1. The van der Waals surface area contributed by atoms with Crippen LogP contribution in [0, 0.1) is 19.7 Å². The minimum absolute atomic E-state index is 0.0483. The van der Waals surface area contributed by atoms with Gasteiger partial charge in [0.05, 0.1) is 13.7 Å². The van der Waals surface area contributed by atoms with Crippen molar-refractivity contribution in [3.05, 3.63) is 76.9 Å². The topological polar surface area (TPSA) is 64.8 Å². The largest absolute Gasteiger partial charge is 0.497 e. The van der Waals surface area contributed by atoms with Gasteiger partial charge in [-0.15, -0.1) is 0 Å². The Morgan fingerprint density at radius 2 is 1.83 bits per heavy atom. The maximum absolute atomic E-state index is 12.5. The number of rotatable bonds is 10. The van der Waals surface area contributed by atoms with Gasteiger partial charge in [-0.1, -0.05) is 13.0 Å². The molecule has 6 nitrogen and oxygen atoms in total. The third-order valence-electron chi connectivity index (χ3n) is 5.38. The van der Waals surface area contributed by atoms with E-state index in [1.807, 2.05) is 38.1 Å². The summed E-state index contributed by atoms with van der Waals surface area (Å²) in [5.74, 6) is 0.625. The average Bonchev–Trinajstić information content (AvgIpc) is 3.10. The van der Waals surface area contributed by atoms with Crippen LogP contribution >= 0.6 is 0 Å². The van der Waals surface area contributed by atoms with Crippen LogP contribution < -0.4 is 10.1 Å². The molecular formula is C28H36FN3O3. The van der Waals surface area contributed by atoms with E-state index < -0.39 is 0 Å². The Hall–Kier alpha value is -3.45. The minimum atomic E-state index is -0.210. The summed E-state index contributed by atoms with van der Waals surface area (Å²) >= 11 is 0. The van der Waals surface area contributed by atoms with Crippen LogP contribution in [0.1, 0.15) is 47.6 Å². The highest BCUT2D eigenvalue weighted by Gasteiger charge is 2.20. The number of aromatic nitrogens is 1. The van der Waals surface area contributed by atoms with Crippen LogP contribution in [0.4, 0.5) is 10.1 Å². The first-order valence-electron chi connectivity index (χ1n) is 11.7. The summed E-state index contributed by atoms with van der Waals surface area (Å²) in [5, 5.41) is 3.14. The minimum Gasteiger partial charge on any atom is -0.497 e. The average molecular weight is 482 g/mol. The zero-order valence-electron chi connectivity index (χ0n) is 21.5. The van der Waals surface area contributed by atoms with Crippen LogP contribution in [0.25, 0.3) is 5.69 Å². The predicted octanol–water partition coefficient (Wildman–Crippen LogP) is 6.02. The van der Waals surface area contributed by atoms with Crippen LogP contribution in [0.2, 0.25) is 0 Å². The van der Waals surface area contributed by atoms with Gasteiger partial charge >= 0.3 is 0 Å². The van der Waals surface area contributed by atoms with E-state index in [0.29, 0.717) is 6.61 Å². The molecule has 0 aliphatic heterocycles. The molecule has 3 rings (SSSR count). The molecule has 1 N–H and O–H groups in total. The fourth-order valence-electron chi connectivity index (χ4n) is 3.81. The number of benzene rings is 2. The molecule has 0 bridgehead atoms. The number of carbonyl (C=O) groups is 1. The molecule has 0 saturated heterocycles. The molecule has 0 aliphatic carbocycles. The molecule has 0 saturated carbocycles. The van der Waals surface area contributed by atoms with Crippen molar-refractivity contribution in [3.63, 3.8) is 0 Å². The van der Waals surface area contributed by atoms with E-state index in [9.17, 15) is 9.18 Å². The van der Waals surface area contributed by atoms with Gasteiger partial charge in [-0.25, -0.2) is 4.39 Å². The van der Waals surface area contributed by atoms with Crippen molar-refractivity contribution in [2.45, 2.75) is 34.1 Å². The van der Waals surface area contributed by atoms with E-state index in [0.717, 1.165) is 59.2 Å². The predicted molar refractivity (Wildman–Crippen MR) is 141 cm³/mol. The van der Waals surface area contributed by atoms with E-state index in [1.165, 1.54) is 12.1 Å². The second-order valence-electron chi connectivity index (χ2n) is 7.99. The molecule has 7 heteroatoms. The number of methoxy groups -OCH3 is 1. The molecule has 0 atom stereocenters. The summed E-state index contributed by atoms with van der Waals surface area (Å²) < 4.78 is 25.2. The van der Waals surface area contributed by atoms with Crippen molar-refractivity contribution in [2.75, 3.05) is 39.2 Å². The van der Waals surface area contributed by atoms with Crippen LogP contribution in [0.5, 0.6) is 5.75 Å². The fraction of sp³-hybridized carbons (Fsp3) is 0.357. The Morgan fingerprint density at radius 3 is 2.43 bits per heavy atom. The monoisotopic (exact) mass is 481 g/mol. The van der Waals surface area contributed by atoms with E-state index in [2.05, 4.69) is 21.8 Å². The quantitative estimate of drug-likeness (QED) is 0.219. The lowest BCUT2D eigenvalue weighted by molar-refractivity contribution is 0.101. The van der Waals surface area contributed by atoms with Crippen molar-refractivity contribution in [1.82, 2.24) is 4.57 Å². The highest BCUT2D eigenvalue weighted by Crippen LogP contribution is 2.27. The van der Waals surface area contributed by atoms with Gasteiger partial charge in [-0.2, -0.15) is 0 Å². The van der Waals surface area contributed by atoms with E-state index >= 15 is 0 Å². The van der Waals surface area contributed by atoms with Crippen molar-refractivity contribution in [2.24, 2.45) is 4.99 Å². The number of aliphatic imine (C=N–C) groups is 1. The fourth-order valence-corrected chi connectivity index (χ4v) is 3.81. The summed E-state index contributed by atoms with van der Waals surface area (Å²) in [7, 11) is 3.35. The Bertz CT molecular complexity index is 1120. The molecule has 1 aromatic heterocycles. The van der Waals surface area contributed by atoms with E-state index in [4.69, 9.17) is 9.47 Å². The van der Waals surface area contributed by atoms with Gasteiger partial charge in [0.25, 0.3) is 0 Å². The first-order chi connectivity index (χ1) is 16.8. The van der Waals surface area contributed by atoms with Crippen LogP contribution in [-0.2, 0) is 4.74 Å². The maximum Gasteiger partial charge on any atom is 0.162 e. The lowest BCUT2D eigenvalue weighted by Gasteiger charge is -2.11. The number of anilines is 1. The lowest BCUT2D eigenvalue weighted by atomic mass is 10.1. The number of nitrogens with one attached hydrogen (secondary N) is 1. The first-order valence-corrected chi connectivity index (χ1v) is 11.7. The maximum atomic E-state index is 12.5. The van der Waals surface area contributed by atoms with Gasteiger partial charge in [-0.05, 0) is 63.6 Å². The summed E-state index contributed by atoms with van der Waals surface area (Å²) in [5.41, 5.74) is 5.42. The number of Topliss-reactive ketones (excluding diaryl/α,β-unsaturated/α-hetero) is 1. The summed E-state index contributed by atoms with van der Waals surface area (Å²) in [6.45, 7) is 9.85. The molecular weight excluding hydrogens is 445 g/mol. The number of halogens is 1. The van der Waals surface area contributed by atoms with Gasteiger partial charge < -0.3 is 19.4 Å². The van der Waals surface area contributed by atoms with Gasteiger partial charge in [-0.3, -0.25) is 9.79 Å². The number of hydrogen-bond donors (Lipinski definition) is 1. The van der Waals surface area contributed by atoms with Gasteiger partial charge in [0.15, 0.2) is 5.78 Å². The van der Waals surface area contributed by atoms with Gasteiger partial charge in [0.2, 0.25) is 0 Å². The number of nitrogens with zero attached hydrogens (tertiary/aromatic N) is 2. The Labute approximate surface area is 207 Å². The van der Waals surface area contributed by atoms with Crippen LogP contribution in [0.3, 0.4) is 0 Å².